The zero-order valence-corrected chi connectivity index (χ0v) is 13.6. The first-order valence-electron chi connectivity index (χ1n) is 7.64. The highest BCUT2D eigenvalue weighted by Gasteiger charge is 2.57. The first-order chi connectivity index (χ1) is 9.66. The summed E-state index contributed by atoms with van der Waals surface area (Å²) in [7, 11) is 0. The minimum Gasteiger partial charge on any atom is -0.462 e. The Kier molecular flexibility index (Phi) is 4.04. The van der Waals surface area contributed by atoms with Crippen molar-refractivity contribution in [1.29, 1.82) is 0 Å². The van der Waals surface area contributed by atoms with Crippen molar-refractivity contribution < 1.29 is 19.4 Å². The van der Waals surface area contributed by atoms with E-state index in [0.29, 0.717) is 6.42 Å². The third-order valence-electron chi connectivity index (χ3n) is 5.24. The molecule has 4 heteroatoms. The minimum atomic E-state index is -0.405. The molecule has 0 radical (unpaired) electrons. The average molecular weight is 294 g/mol. The molecular formula is C17H26O4. The number of allylic oxidation sites excluding steroid dienone is 1. The Morgan fingerprint density at radius 1 is 1.43 bits per heavy atom. The lowest BCUT2D eigenvalue weighted by atomic mass is 9.68. The molecule has 1 saturated carbocycles. The molecule has 0 aromatic heterocycles. The van der Waals surface area contributed by atoms with Gasteiger partial charge in [0.05, 0.1) is 6.61 Å². The molecule has 2 aliphatic rings. The summed E-state index contributed by atoms with van der Waals surface area (Å²) in [6, 6.07) is 0. The smallest absolute Gasteiger partial charge is 0.302 e. The molecule has 2 aliphatic carbocycles. The van der Waals surface area contributed by atoms with Gasteiger partial charge >= 0.3 is 5.97 Å². The van der Waals surface area contributed by atoms with Crippen molar-refractivity contribution in [2.45, 2.75) is 53.6 Å². The molecule has 0 aliphatic heterocycles. The number of fused-ring (bicyclic) bond motifs is 1. The first kappa shape index (κ1) is 16.2. The van der Waals surface area contributed by atoms with Crippen LogP contribution in [0.3, 0.4) is 0 Å². The molecular weight excluding hydrogens is 268 g/mol. The van der Waals surface area contributed by atoms with Gasteiger partial charge in [-0.15, -0.1) is 0 Å². The molecule has 4 atom stereocenters. The lowest BCUT2D eigenvalue weighted by Gasteiger charge is -2.40. The molecule has 0 unspecified atom stereocenters. The standard InChI is InChI=1S/C17H26O4/c1-10-6-13(21-11(2)20)15-14(12(10)7-18)17(5,9-19)8-16(15,3)4/h7,10,13,15,19H,6,8-9H2,1-5H3/t10-,13+,15-,17-/m1/s1. The van der Waals surface area contributed by atoms with Gasteiger partial charge in [-0.1, -0.05) is 27.7 Å². The quantitative estimate of drug-likeness (QED) is 0.641. The summed E-state index contributed by atoms with van der Waals surface area (Å²) in [5, 5.41) is 9.91. The van der Waals surface area contributed by atoms with Crippen LogP contribution in [0.1, 0.15) is 47.5 Å². The summed E-state index contributed by atoms with van der Waals surface area (Å²) in [6.45, 7) is 9.71. The van der Waals surface area contributed by atoms with E-state index in [1.807, 2.05) is 13.8 Å². The van der Waals surface area contributed by atoms with Gasteiger partial charge in [-0.2, -0.15) is 0 Å². The average Bonchev–Trinajstić information content (AvgIpc) is 2.57. The van der Waals surface area contributed by atoms with Crippen molar-refractivity contribution in [3.05, 3.63) is 11.1 Å². The predicted molar refractivity (Wildman–Crippen MR) is 79.5 cm³/mol. The van der Waals surface area contributed by atoms with Crippen LogP contribution >= 0.6 is 0 Å². The second kappa shape index (κ2) is 5.24. The molecule has 0 saturated heterocycles. The normalized spacial score (nSPS) is 38.1. The Labute approximate surface area is 126 Å². The maximum absolute atomic E-state index is 11.6. The number of hydrogen-bond donors (Lipinski definition) is 1. The summed E-state index contributed by atoms with van der Waals surface area (Å²) in [5.41, 5.74) is 1.29. The summed E-state index contributed by atoms with van der Waals surface area (Å²) in [5.74, 6) is -0.220. The van der Waals surface area contributed by atoms with E-state index in [-0.39, 0.29) is 35.9 Å². The fourth-order valence-electron chi connectivity index (χ4n) is 4.72. The van der Waals surface area contributed by atoms with Gasteiger partial charge < -0.3 is 9.84 Å². The van der Waals surface area contributed by atoms with Crippen LogP contribution in [0, 0.1) is 22.7 Å². The Morgan fingerprint density at radius 3 is 2.52 bits per heavy atom. The van der Waals surface area contributed by atoms with E-state index in [1.165, 1.54) is 6.92 Å². The molecule has 21 heavy (non-hydrogen) atoms. The van der Waals surface area contributed by atoms with E-state index in [0.717, 1.165) is 23.9 Å². The third-order valence-corrected chi connectivity index (χ3v) is 5.24. The SMILES string of the molecule is CC(=O)O[C@H]1C[C@@H](C)C(C=O)=C2[C@@H]1C(C)(C)C[C@]2(C)CO. The molecule has 118 valence electrons. The molecule has 0 bridgehead atoms. The summed E-state index contributed by atoms with van der Waals surface area (Å²) < 4.78 is 5.57. The summed E-state index contributed by atoms with van der Waals surface area (Å²) in [6.07, 6.45) is 2.19. The van der Waals surface area contributed by atoms with E-state index >= 15 is 0 Å². The Balaban J connectivity index is 2.59. The number of rotatable bonds is 3. The molecule has 0 heterocycles. The van der Waals surface area contributed by atoms with E-state index in [4.69, 9.17) is 4.74 Å². The van der Waals surface area contributed by atoms with Crippen molar-refractivity contribution in [3.8, 4) is 0 Å². The Morgan fingerprint density at radius 2 is 2.05 bits per heavy atom. The largest absolute Gasteiger partial charge is 0.462 e. The molecule has 2 rings (SSSR count). The third kappa shape index (κ3) is 2.54. The summed E-state index contributed by atoms with van der Waals surface area (Å²) in [4.78, 5) is 23.1. The maximum Gasteiger partial charge on any atom is 0.302 e. The van der Waals surface area contributed by atoms with E-state index < -0.39 is 5.41 Å². The maximum atomic E-state index is 11.6. The molecule has 4 nitrogen and oxygen atoms in total. The van der Waals surface area contributed by atoms with Gasteiger partial charge in [0.25, 0.3) is 0 Å². The van der Waals surface area contributed by atoms with Crippen LogP contribution in [-0.4, -0.2) is 30.1 Å². The lowest BCUT2D eigenvalue weighted by molar-refractivity contribution is -0.151. The number of ether oxygens (including phenoxy) is 1. The number of hydrogen-bond acceptors (Lipinski definition) is 4. The van der Waals surface area contributed by atoms with E-state index in [2.05, 4.69) is 13.8 Å². The molecule has 0 aromatic carbocycles. The number of aldehydes is 1. The number of carbonyl (C=O) groups excluding carboxylic acids is 2. The molecule has 0 amide bonds. The van der Waals surface area contributed by atoms with Gasteiger partial charge in [-0.25, -0.2) is 0 Å². The fourth-order valence-corrected chi connectivity index (χ4v) is 4.72. The van der Waals surface area contributed by atoms with Crippen LogP contribution < -0.4 is 0 Å². The second-order valence-electron chi connectivity index (χ2n) is 7.63. The zero-order valence-electron chi connectivity index (χ0n) is 13.6. The van der Waals surface area contributed by atoms with Gasteiger partial charge in [-0.05, 0) is 35.3 Å². The van der Waals surface area contributed by atoms with Crippen LogP contribution in [0.5, 0.6) is 0 Å². The number of esters is 1. The van der Waals surface area contributed by atoms with Crippen molar-refractivity contribution in [2.75, 3.05) is 6.61 Å². The van der Waals surface area contributed by atoms with Crippen molar-refractivity contribution in [2.24, 2.45) is 22.7 Å². The van der Waals surface area contributed by atoms with Crippen LogP contribution in [0.4, 0.5) is 0 Å². The fraction of sp³-hybridized carbons (Fsp3) is 0.765. The second-order valence-corrected chi connectivity index (χ2v) is 7.63. The van der Waals surface area contributed by atoms with Crippen LogP contribution in [-0.2, 0) is 14.3 Å². The molecule has 0 spiro atoms. The van der Waals surface area contributed by atoms with Gasteiger partial charge in [0, 0.05) is 18.3 Å². The molecule has 0 aromatic rings. The molecule has 1 fully saturated rings. The van der Waals surface area contributed by atoms with Crippen molar-refractivity contribution in [1.82, 2.24) is 0 Å². The van der Waals surface area contributed by atoms with E-state index in [1.54, 1.807) is 0 Å². The zero-order chi connectivity index (χ0) is 16.0. The minimum absolute atomic E-state index is 0.00921. The number of carbonyl (C=O) groups is 2. The highest BCUT2D eigenvalue weighted by atomic mass is 16.5. The van der Waals surface area contributed by atoms with Crippen LogP contribution in [0.15, 0.2) is 11.1 Å². The van der Waals surface area contributed by atoms with Gasteiger partial charge in [0.1, 0.15) is 12.4 Å². The summed E-state index contributed by atoms with van der Waals surface area (Å²) >= 11 is 0. The lowest BCUT2D eigenvalue weighted by Crippen LogP contribution is -2.40. The van der Waals surface area contributed by atoms with Crippen LogP contribution in [0.2, 0.25) is 0 Å². The predicted octanol–water partition coefficient (Wildman–Crippen LogP) is 2.50. The van der Waals surface area contributed by atoms with Crippen LogP contribution in [0.25, 0.3) is 0 Å². The monoisotopic (exact) mass is 294 g/mol. The first-order valence-corrected chi connectivity index (χ1v) is 7.64. The number of aliphatic hydroxyl groups is 1. The van der Waals surface area contributed by atoms with Gasteiger partial charge in [-0.3, -0.25) is 9.59 Å². The Bertz CT molecular complexity index is 491. The molecule has 1 N–H and O–H groups in total. The highest BCUT2D eigenvalue weighted by molar-refractivity contribution is 5.77. The number of aliphatic hydroxyl groups excluding tert-OH is 1. The Hall–Kier alpha value is -1.16. The van der Waals surface area contributed by atoms with Gasteiger partial charge in [0.15, 0.2) is 0 Å². The van der Waals surface area contributed by atoms with Gasteiger partial charge in [0.2, 0.25) is 0 Å². The van der Waals surface area contributed by atoms with Crippen molar-refractivity contribution >= 4 is 12.3 Å². The topological polar surface area (TPSA) is 63.6 Å². The van der Waals surface area contributed by atoms with Crippen molar-refractivity contribution in [3.63, 3.8) is 0 Å². The highest BCUT2D eigenvalue weighted by Crippen LogP contribution is 2.61. The van der Waals surface area contributed by atoms with E-state index in [9.17, 15) is 14.7 Å².